The highest BCUT2D eigenvalue weighted by atomic mass is 32.1. The average Bonchev–Trinajstić information content (AvgIpc) is 3.56. The molecule has 2 heterocycles. The summed E-state index contributed by atoms with van der Waals surface area (Å²) in [4.78, 5) is 43.9. The van der Waals surface area contributed by atoms with Crippen LogP contribution in [0, 0.1) is 0 Å². The van der Waals surface area contributed by atoms with E-state index in [4.69, 9.17) is 5.84 Å². The van der Waals surface area contributed by atoms with Gasteiger partial charge in [0, 0.05) is 30.6 Å². The van der Waals surface area contributed by atoms with Crippen molar-refractivity contribution in [3.05, 3.63) is 76.3 Å². The van der Waals surface area contributed by atoms with Crippen LogP contribution in [-0.4, -0.2) is 51.9 Å². The van der Waals surface area contributed by atoms with Gasteiger partial charge in [-0.1, -0.05) is 36.4 Å². The maximum atomic E-state index is 13.0. The zero-order chi connectivity index (χ0) is 25.7. The van der Waals surface area contributed by atoms with Crippen molar-refractivity contribution in [1.82, 2.24) is 20.6 Å². The van der Waals surface area contributed by atoms with E-state index in [0.717, 1.165) is 16.7 Å². The van der Waals surface area contributed by atoms with Gasteiger partial charge in [0.2, 0.25) is 5.91 Å². The number of likely N-dealkylation sites (tertiary alicyclic amines) is 1. The van der Waals surface area contributed by atoms with E-state index >= 15 is 0 Å². The minimum Gasteiger partial charge on any atom is -0.391 e. The van der Waals surface area contributed by atoms with Gasteiger partial charge >= 0.3 is 0 Å². The Hall–Kier alpha value is -3.60. The quantitative estimate of drug-likeness (QED) is 0.210. The van der Waals surface area contributed by atoms with E-state index < -0.39 is 6.10 Å². The third kappa shape index (κ3) is 5.96. The first kappa shape index (κ1) is 25.5. The second-order valence-electron chi connectivity index (χ2n) is 8.77. The Morgan fingerprint density at radius 2 is 2.03 bits per heavy atom. The molecule has 4 rings (SSSR count). The normalized spacial score (nSPS) is 16.0. The topological polar surface area (TPSA) is 138 Å². The van der Waals surface area contributed by atoms with Gasteiger partial charge in [0.25, 0.3) is 11.8 Å². The van der Waals surface area contributed by atoms with Crippen molar-refractivity contribution in [3.8, 4) is 10.6 Å². The fraction of sp³-hybridized carbons (Fsp3) is 0.308. The number of aliphatic hydroxyl groups is 1. The molecule has 9 nitrogen and oxygen atoms in total. The molecule has 1 aliphatic heterocycles. The number of benzene rings is 2. The summed E-state index contributed by atoms with van der Waals surface area (Å²) in [5.74, 6) is 4.52. The number of carbonyl (C=O) groups excluding carboxylic acids is 3. The van der Waals surface area contributed by atoms with E-state index in [1.165, 1.54) is 11.3 Å². The molecule has 1 fully saturated rings. The molecule has 36 heavy (non-hydrogen) atoms. The number of β-amino-alcohol motifs (C(OH)–C–C–N with tert-alkyl or cyclic N) is 1. The van der Waals surface area contributed by atoms with Gasteiger partial charge in [0.1, 0.15) is 9.88 Å². The lowest BCUT2D eigenvalue weighted by molar-refractivity contribution is -0.121. The molecule has 3 amide bonds. The van der Waals surface area contributed by atoms with Crippen LogP contribution in [0.2, 0.25) is 0 Å². The van der Waals surface area contributed by atoms with Crippen molar-refractivity contribution in [3.63, 3.8) is 0 Å². The summed E-state index contributed by atoms with van der Waals surface area (Å²) in [6, 6.07) is 14.6. The Balaban J connectivity index is 1.45. The molecular formula is C26H29N5O4S. The van der Waals surface area contributed by atoms with Gasteiger partial charge in [0.15, 0.2) is 0 Å². The number of hydrogen-bond donors (Lipinski definition) is 4. The van der Waals surface area contributed by atoms with E-state index in [1.54, 1.807) is 23.2 Å². The van der Waals surface area contributed by atoms with E-state index in [1.807, 2.05) is 43.3 Å². The molecule has 5 N–H and O–H groups in total. The molecule has 0 spiro atoms. The second kappa shape index (κ2) is 11.4. The Morgan fingerprint density at radius 3 is 2.78 bits per heavy atom. The van der Waals surface area contributed by atoms with Crippen LogP contribution in [0.4, 0.5) is 0 Å². The summed E-state index contributed by atoms with van der Waals surface area (Å²) in [6.45, 7) is 2.79. The highest BCUT2D eigenvalue weighted by Gasteiger charge is 2.27. The molecule has 1 saturated heterocycles. The van der Waals surface area contributed by atoms with Gasteiger partial charge in [-0.25, -0.2) is 10.8 Å². The Kier molecular flexibility index (Phi) is 8.09. The predicted octanol–water partition coefficient (Wildman–Crippen LogP) is 2.43. The van der Waals surface area contributed by atoms with Crippen molar-refractivity contribution in [2.24, 2.45) is 5.84 Å². The maximum absolute atomic E-state index is 13.0. The van der Waals surface area contributed by atoms with Crippen LogP contribution in [0.25, 0.3) is 10.6 Å². The van der Waals surface area contributed by atoms with Gasteiger partial charge in [-0.3, -0.25) is 19.8 Å². The third-order valence-corrected chi connectivity index (χ3v) is 7.23. The van der Waals surface area contributed by atoms with E-state index in [9.17, 15) is 19.5 Å². The zero-order valence-corrected chi connectivity index (χ0v) is 20.8. The number of aliphatic hydroxyl groups excluding tert-OH is 1. The zero-order valence-electron chi connectivity index (χ0n) is 19.9. The van der Waals surface area contributed by atoms with Crippen molar-refractivity contribution < 1.29 is 19.5 Å². The predicted molar refractivity (Wildman–Crippen MR) is 137 cm³/mol. The second-order valence-corrected chi connectivity index (χ2v) is 9.80. The average molecular weight is 508 g/mol. The van der Waals surface area contributed by atoms with Crippen LogP contribution < -0.4 is 16.6 Å². The van der Waals surface area contributed by atoms with Crippen molar-refractivity contribution in [2.75, 3.05) is 13.1 Å². The molecule has 0 saturated carbocycles. The van der Waals surface area contributed by atoms with Crippen molar-refractivity contribution in [1.29, 1.82) is 0 Å². The van der Waals surface area contributed by atoms with Crippen LogP contribution in [0.1, 0.15) is 57.0 Å². The monoisotopic (exact) mass is 507 g/mol. The molecule has 0 unspecified atom stereocenters. The standard InChI is InChI=1S/C26H29N5O4S/c1-16(29-24(34)21-8-3-2-5-17(21)9-10-23(33)30-27)18-6-4-7-19(13-18)25-28-14-22(36-25)26(35)31-12-11-20(32)15-31/h2-8,13-14,16,20,32H,9-12,15,27H2,1H3,(H,29,34)(H,30,33)/t16-,20+/m1/s1. The lowest BCUT2D eigenvalue weighted by atomic mass is 10.0. The number of rotatable bonds is 8. The minimum atomic E-state index is -0.466. The SMILES string of the molecule is C[C@@H](NC(=O)c1ccccc1CCC(=O)NN)c1cccc(-c2ncc(C(=O)N3CC[C@H](O)C3)s2)c1. The third-order valence-electron chi connectivity index (χ3n) is 6.19. The summed E-state index contributed by atoms with van der Waals surface area (Å²) in [7, 11) is 0. The Morgan fingerprint density at radius 1 is 1.22 bits per heavy atom. The molecule has 188 valence electrons. The van der Waals surface area contributed by atoms with Gasteiger partial charge in [0.05, 0.1) is 18.3 Å². The van der Waals surface area contributed by atoms with E-state index in [-0.39, 0.29) is 30.2 Å². The van der Waals surface area contributed by atoms with Gasteiger partial charge in [-0.05, 0) is 43.0 Å². The van der Waals surface area contributed by atoms with E-state index in [2.05, 4.69) is 15.7 Å². The largest absolute Gasteiger partial charge is 0.391 e. The Labute approximate surface area is 213 Å². The summed E-state index contributed by atoms with van der Waals surface area (Å²) in [5.41, 5.74) is 5.14. The molecule has 0 aliphatic carbocycles. The van der Waals surface area contributed by atoms with Crippen molar-refractivity contribution in [2.45, 2.75) is 38.3 Å². The number of carbonyl (C=O) groups is 3. The van der Waals surface area contributed by atoms with Crippen LogP contribution in [0.3, 0.4) is 0 Å². The number of nitrogens with one attached hydrogen (secondary N) is 2. The molecule has 2 atom stereocenters. The number of amides is 3. The van der Waals surface area contributed by atoms with Crippen LogP contribution in [0.5, 0.6) is 0 Å². The smallest absolute Gasteiger partial charge is 0.265 e. The van der Waals surface area contributed by atoms with Gasteiger partial charge < -0.3 is 15.3 Å². The number of hydrogen-bond acceptors (Lipinski definition) is 7. The fourth-order valence-electron chi connectivity index (χ4n) is 4.17. The Bertz CT molecular complexity index is 1260. The van der Waals surface area contributed by atoms with Crippen molar-refractivity contribution >= 4 is 29.1 Å². The molecule has 1 aliphatic rings. The summed E-state index contributed by atoms with van der Waals surface area (Å²) in [5, 5.41) is 13.5. The van der Waals surface area contributed by atoms with Crippen LogP contribution in [0.15, 0.2) is 54.7 Å². The molecule has 0 radical (unpaired) electrons. The maximum Gasteiger partial charge on any atom is 0.265 e. The highest BCUT2D eigenvalue weighted by molar-refractivity contribution is 7.16. The summed E-state index contributed by atoms with van der Waals surface area (Å²) in [6.07, 6.45) is 2.29. The first-order chi connectivity index (χ1) is 17.4. The summed E-state index contributed by atoms with van der Waals surface area (Å²) >= 11 is 1.31. The highest BCUT2D eigenvalue weighted by Crippen LogP contribution is 2.29. The molecule has 2 aromatic carbocycles. The number of aromatic nitrogens is 1. The first-order valence-corrected chi connectivity index (χ1v) is 12.6. The van der Waals surface area contributed by atoms with Gasteiger partial charge in [-0.15, -0.1) is 11.3 Å². The number of hydrazine groups is 1. The van der Waals surface area contributed by atoms with E-state index in [0.29, 0.717) is 41.4 Å². The number of thiazole rings is 1. The molecule has 10 heteroatoms. The number of nitrogens with two attached hydrogens (primary N) is 1. The molecule has 3 aromatic rings. The number of nitrogens with zero attached hydrogens (tertiary/aromatic N) is 2. The van der Waals surface area contributed by atoms with Gasteiger partial charge in [-0.2, -0.15) is 0 Å². The number of aryl methyl sites for hydroxylation is 1. The first-order valence-electron chi connectivity index (χ1n) is 11.8. The van der Waals surface area contributed by atoms with Crippen LogP contribution >= 0.6 is 11.3 Å². The molecule has 1 aromatic heterocycles. The fourth-order valence-corrected chi connectivity index (χ4v) is 5.05. The minimum absolute atomic E-state index is 0.116. The summed E-state index contributed by atoms with van der Waals surface area (Å²) < 4.78 is 0. The van der Waals surface area contributed by atoms with Crippen LogP contribution in [-0.2, 0) is 11.2 Å². The molecule has 0 bridgehead atoms. The molecular weight excluding hydrogens is 478 g/mol. The lowest BCUT2D eigenvalue weighted by Crippen LogP contribution is -2.30. The lowest BCUT2D eigenvalue weighted by Gasteiger charge is -2.17.